The summed E-state index contributed by atoms with van der Waals surface area (Å²) in [7, 11) is 4.11. The van der Waals surface area contributed by atoms with Gasteiger partial charge >= 0.3 is 0 Å². The minimum Gasteiger partial charge on any atom is -0.378 e. The second-order valence-electron chi connectivity index (χ2n) is 2.69. The van der Waals surface area contributed by atoms with Gasteiger partial charge in [-0.05, 0) is 17.7 Å². The molecule has 0 N–H and O–H groups in total. The van der Waals surface area contributed by atoms with Crippen LogP contribution < -0.4 is 4.90 Å². The van der Waals surface area contributed by atoms with Gasteiger partial charge in [-0.1, -0.05) is 34.7 Å². The summed E-state index contributed by atoms with van der Waals surface area (Å²) in [5.74, 6) is 0. The fourth-order valence-corrected chi connectivity index (χ4v) is 1.39. The lowest BCUT2D eigenvalue weighted by atomic mass is 10.2. The molecule has 0 aromatic heterocycles. The van der Waals surface area contributed by atoms with Gasteiger partial charge in [-0.3, -0.25) is 0 Å². The topological polar surface area (TPSA) is 3.24 Å². The van der Waals surface area contributed by atoms with Gasteiger partial charge in [0.2, 0.25) is 0 Å². The third-order valence-electron chi connectivity index (χ3n) is 1.61. The maximum atomic E-state index is 2.37. The Morgan fingerprint density at radius 2 is 1.73 bits per heavy atom. The molecule has 0 saturated heterocycles. The van der Waals surface area contributed by atoms with Gasteiger partial charge in [-0.15, -0.1) is 0 Å². The highest BCUT2D eigenvalue weighted by Gasteiger charge is 1.93. The summed E-state index contributed by atoms with van der Waals surface area (Å²) < 4.78 is 1.09. The highest BCUT2D eigenvalue weighted by molar-refractivity contribution is 14.1. The molecular formula is C9H12IN. The van der Waals surface area contributed by atoms with Gasteiger partial charge < -0.3 is 4.90 Å². The van der Waals surface area contributed by atoms with Crippen molar-refractivity contribution in [2.24, 2.45) is 0 Å². The average Bonchev–Trinajstić information content (AvgIpc) is 2.05. The van der Waals surface area contributed by atoms with Gasteiger partial charge in [0.1, 0.15) is 0 Å². The quantitative estimate of drug-likeness (QED) is 0.584. The molecule has 0 atom stereocenters. The van der Waals surface area contributed by atoms with E-state index in [1.807, 2.05) is 0 Å². The summed E-state index contributed by atoms with van der Waals surface area (Å²) in [5, 5.41) is 0. The standard InChI is InChI=1S/C9H12IN/c1-11(2)9-5-3-8(7-10)4-6-9/h3-6H,7H2,1-2H3. The Kier molecular flexibility index (Phi) is 3.17. The van der Waals surface area contributed by atoms with Gasteiger partial charge in [-0.2, -0.15) is 0 Å². The first kappa shape index (κ1) is 8.84. The number of nitrogens with zero attached hydrogens (tertiary/aromatic N) is 1. The molecule has 0 aliphatic carbocycles. The lowest BCUT2D eigenvalue weighted by molar-refractivity contribution is 1.13. The van der Waals surface area contributed by atoms with E-state index in [-0.39, 0.29) is 0 Å². The summed E-state index contributed by atoms with van der Waals surface area (Å²) in [6.45, 7) is 0. The van der Waals surface area contributed by atoms with Crippen LogP contribution in [0.4, 0.5) is 5.69 Å². The highest BCUT2D eigenvalue weighted by Crippen LogP contribution is 2.13. The monoisotopic (exact) mass is 261 g/mol. The lowest BCUT2D eigenvalue weighted by Gasteiger charge is -2.11. The number of halogens is 1. The van der Waals surface area contributed by atoms with Crippen LogP contribution in [0.3, 0.4) is 0 Å². The van der Waals surface area contributed by atoms with E-state index < -0.39 is 0 Å². The summed E-state index contributed by atoms with van der Waals surface area (Å²) in [6, 6.07) is 8.63. The molecule has 11 heavy (non-hydrogen) atoms. The van der Waals surface area contributed by atoms with Crippen molar-refractivity contribution in [2.75, 3.05) is 19.0 Å². The zero-order valence-corrected chi connectivity index (χ0v) is 9.00. The molecule has 0 spiro atoms. The predicted molar refractivity (Wildman–Crippen MR) is 58.5 cm³/mol. The third kappa shape index (κ3) is 2.36. The second kappa shape index (κ2) is 3.95. The molecule has 0 fully saturated rings. The summed E-state index contributed by atoms with van der Waals surface area (Å²) in [6.07, 6.45) is 0. The van der Waals surface area contributed by atoms with Crippen LogP contribution in [0.25, 0.3) is 0 Å². The van der Waals surface area contributed by atoms with Crippen LogP contribution in [0.1, 0.15) is 5.56 Å². The number of alkyl halides is 1. The van der Waals surface area contributed by atoms with E-state index in [0.29, 0.717) is 0 Å². The van der Waals surface area contributed by atoms with E-state index in [1.165, 1.54) is 11.3 Å². The van der Waals surface area contributed by atoms with Gasteiger partial charge in [0.15, 0.2) is 0 Å². The van der Waals surface area contributed by atoms with Crippen LogP contribution in [0, 0.1) is 0 Å². The number of benzene rings is 1. The minimum atomic E-state index is 1.09. The van der Waals surface area contributed by atoms with Crippen molar-refractivity contribution in [3.63, 3.8) is 0 Å². The number of anilines is 1. The molecule has 0 saturated carbocycles. The lowest BCUT2D eigenvalue weighted by Crippen LogP contribution is -2.07. The molecule has 1 aromatic rings. The second-order valence-corrected chi connectivity index (χ2v) is 3.46. The van der Waals surface area contributed by atoms with E-state index >= 15 is 0 Å². The van der Waals surface area contributed by atoms with Crippen molar-refractivity contribution in [2.45, 2.75) is 4.43 Å². The maximum Gasteiger partial charge on any atom is 0.0361 e. The minimum absolute atomic E-state index is 1.09. The largest absolute Gasteiger partial charge is 0.378 e. The van der Waals surface area contributed by atoms with Crippen molar-refractivity contribution in [3.05, 3.63) is 29.8 Å². The zero-order valence-electron chi connectivity index (χ0n) is 6.84. The molecule has 0 radical (unpaired) electrons. The molecule has 2 heteroatoms. The first-order chi connectivity index (χ1) is 5.24. The van der Waals surface area contributed by atoms with Crippen LogP contribution in [0.2, 0.25) is 0 Å². The molecule has 60 valence electrons. The van der Waals surface area contributed by atoms with Crippen molar-refractivity contribution in [1.29, 1.82) is 0 Å². The average molecular weight is 261 g/mol. The van der Waals surface area contributed by atoms with E-state index in [4.69, 9.17) is 0 Å². The van der Waals surface area contributed by atoms with Crippen LogP contribution in [0.5, 0.6) is 0 Å². The summed E-state index contributed by atoms with van der Waals surface area (Å²) in [5.41, 5.74) is 2.65. The smallest absolute Gasteiger partial charge is 0.0361 e. The first-order valence-corrected chi connectivity index (χ1v) is 5.09. The third-order valence-corrected chi connectivity index (χ3v) is 2.49. The summed E-state index contributed by atoms with van der Waals surface area (Å²) in [4.78, 5) is 2.11. The first-order valence-electron chi connectivity index (χ1n) is 3.56. The SMILES string of the molecule is CN(C)c1ccc(CI)cc1. The van der Waals surface area contributed by atoms with Crippen LogP contribution in [0.15, 0.2) is 24.3 Å². The fourth-order valence-electron chi connectivity index (χ4n) is 0.883. The maximum absolute atomic E-state index is 2.37. The molecule has 1 rings (SSSR count). The van der Waals surface area contributed by atoms with Gasteiger partial charge in [0.25, 0.3) is 0 Å². The Morgan fingerprint density at radius 3 is 2.09 bits per heavy atom. The Hall–Kier alpha value is -0.250. The van der Waals surface area contributed by atoms with Gasteiger partial charge in [0, 0.05) is 24.2 Å². The van der Waals surface area contributed by atoms with Gasteiger partial charge in [0.05, 0.1) is 0 Å². The molecule has 0 heterocycles. The molecule has 0 unspecified atom stereocenters. The molecule has 0 amide bonds. The van der Waals surface area contributed by atoms with Crippen molar-refractivity contribution < 1.29 is 0 Å². The Balaban J connectivity index is 2.83. The molecule has 0 aliphatic rings. The van der Waals surface area contributed by atoms with Crippen LogP contribution in [-0.4, -0.2) is 14.1 Å². The molecule has 1 aromatic carbocycles. The normalized spacial score (nSPS) is 9.73. The van der Waals surface area contributed by atoms with E-state index in [0.717, 1.165) is 4.43 Å². The van der Waals surface area contributed by atoms with Crippen LogP contribution >= 0.6 is 22.6 Å². The Bertz CT molecular complexity index is 216. The van der Waals surface area contributed by atoms with Crippen molar-refractivity contribution >= 4 is 28.3 Å². The Labute approximate surface area is 81.5 Å². The highest BCUT2D eigenvalue weighted by atomic mass is 127. The van der Waals surface area contributed by atoms with Crippen LogP contribution in [-0.2, 0) is 4.43 Å². The van der Waals surface area contributed by atoms with E-state index in [9.17, 15) is 0 Å². The predicted octanol–water partition coefficient (Wildman–Crippen LogP) is 2.69. The van der Waals surface area contributed by atoms with Gasteiger partial charge in [-0.25, -0.2) is 0 Å². The van der Waals surface area contributed by atoms with Crippen molar-refractivity contribution in [3.8, 4) is 0 Å². The number of rotatable bonds is 2. The summed E-state index contributed by atoms with van der Waals surface area (Å²) >= 11 is 2.37. The molecule has 0 bridgehead atoms. The zero-order chi connectivity index (χ0) is 8.27. The number of hydrogen-bond acceptors (Lipinski definition) is 1. The number of hydrogen-bond donors (Lipinski definition) is 0. The van der Waals surface area contributed by atoms with Crippen molar-refractivity contribution in [1.82, 2.24) is 0 Å². The van der Waals surface area contributed by atoms with E-state index in [1.54, 1.807) is 0 Å². The molecular weight excluding hydrogens is 249 g/mol. The Morgan fingerprint density at radius 1 is 1.18 bits per heavy atom. The molecule has 1 nitrogen and oxygen atoms in total. The fraction of sp³-hybridized carbons (Fsp3) is 0.333. The molecule has 0 aliphatic heterocycles. The van der Waals surface area contributed by atoms with E-state index in [2.05, 4.69) is 65.9 Å².